The average Bonchev–Trinajstić information content (AvgIpc) is 2.74. The van der Waals surface area contributed by atoms with E-state index in [1.165, 1.54) is 17.7 Å². The topological polar surface area (TPSA) is 114 Å². The molecule has 2 aromatic heterocycles. The van der Waals surface area contributed by atoms with Gasteiger partial charge in [-0.3, -0.25) is 4.79 Å². The molecule has 176 valence electrons. The highest BCUT2D eigenvalue weighted by atomic mass is 19.1. The molecule has 0 saturated heterocycles. The summed E-state index contributed by atoms with van der Waals surface area (Å²) in [4.78, 5) is 28.9. The van der Waals surface area contributed by atoms with E-state index in [1.807, 2.05) is 13.8 Å². The van der Waals surface area contributed by atoms with Gasteiger partial charge in [0, 0.05) is 30.4 Å². The number of carboxylic acid groups (broad SMARTS) is 1. The Labute approximate surface area is 186 Å². The van der Waals surface area contributed by atoms with Gasteiger partial charge >= 0.3 is 5.97 Å². The predicted octanol–water partition coefficient (Wildman–Crippen LogP) is 3.32. The van der Waals surface area contributed by atoms with Crippen molar-refractivity contribution in [3.05, 3.63) is 63.2 Å². The first-order valence-electron chi connectivity index (χ1n) is 9.94. The number of pyridine rings is 2. The minimum Gasteiger partial charge on any atom is -0.481 e. The van der Waals surface area contributed by atoms with Crippen LogP contribution in [0.2, 0.25) is 0 Å². The molecule has 1 atom stereocenters. The molecule has 0 aliphatic rings. The van der Waals surface area contributed by atoms with Crippen LogP contribution in [-0.4, -0.2) is 39.5 Å². The van der Waals surface area contributed by atoms with Crippen molar-refractivity contribution in [3.8, 4) is 5.88 Å². The molecule has 11 heteroatoms. The van der Waals surface area contributed by atoms with Crippen LogP contribution in [0, 0.1) is 23.4 Å². The van der Waals surface area contributed by atoms with Gasteiger partial charge in [0.1, 0.15) is 22.7 Å². The normalized spacial score (nSPS) is 12.2. The van der Waals surface area contributed by atoms with Crippen LogP contribution in [0.4, 0.5) is 18.9 Å². The molecule has 0 fully saturated rings. The summed E-state index contributed by atoms with van der Waals surface area (Å²) >= 11 is 0. The number of aromatic carboxylic acids is 1. The summed E-state index contributed by atoms with van der Waals surface area (Å²) in [5.74, 6) is -4.97. The number of fused-ring (bicyclic) bond motifs is 1. The summed E-state index contributed by atoms with van der Waals surface area (Å²) in [6.07, 6.45) is 1.13. The molecule has 0 bridgehead atoms. The number of anilines is 1. The second-order valence-corrected chi connectivity index (χ2v) is 7.70. The number of benzene rings is 1. The fourth-order valence-electron chi connectivity index (χ4n) is 3.52. The summed E-state index contributed by atoms with van der Waals surface area (Å²) < 4.78 is 47.8. The predicted molar refractivity (Wildman–Crippen MR) is 114 cm³/mol. The molecule has 8 nitrogen and oxygen atoms in total. The minimum atomic E-state index is -1.46. The molecule has 0 radical (unpaired) electrons. The van der Waals surface area contributed by atoms with Crippen molar-refractivity contribution in [3.63, 3.8) is 0 Å². The number of nitrogens with zero attached hydrogens (tertiary/aromatic N) is 2. The van der Waals surface area contributed by atoms with Crippen molar-refractivity contribution in [2.75, 3.05) is 19.0 Å². The fraction of sp³-hybridized carbons (Fsp3) is 0.318. The van der Waals surface area contributed by atoms with Gasteiger partial charge < -0.3 is 24.8 Å². The maximum Gasteiger partial charge on any atom is 0.341 e. The molecule has 0 aliphatic heterocycles. The molecule has 2 heterocycles. The number of carboxylic acids is 1. The fourth-order valence-corrected chi connectivity index (χ4v) is 3.52. The highest BCUT2D eigenvalue weighted by Crippen LogP contribution is 2.28. The summed E-state index contributed by atoms with van der Waals surface area (Å²) in [7, 11) is 1.30. The van der Waals surface area contributed by atoms with Crippen molar-refractivity contribution >= 4 is 22.7 Å². The Bertz CT molecular complexity index is 1250. The third kappa shape index (κ3) is 4.63. The third-order valence-corrected chi connectivity index (χ3v) is 5.24. The number of hydrogen-bond acceptors (Lipinski definition) is 6. The number of aliphatic hydroxyl groups excluding tert-OH is 1. The van der Waals surface area contributed by atoms with Crippen LogP contribution in [0.1, 0.15) is 35.8 Å². The highest BCUT2D eigenvalue weighted by Gasteiger charge is 2.24. The Morgan fingerprint density at radius 3 is 2.36 bits per heavy atom. The lowest BCUT2D eigenvalue weighted by molar-refractivity contribution is 0.0694. The van der Waals surface area contributed by atoms with Gasteiger partial charge in [0.25, 0.3) is 0 Å². The second-order valence-electron chi connectivity index (χ2n) is 7.70. The zero-order chi connectivity index (χ0) is 24.4. The van der Waals surface area contributed by atoms with Crippen molar-refractivity contribution in [2.45, 2.75) is 26.4 Å². The van der Waals surface area contributed by atoms with E-state index in [0.717, 1.165) is 6.20 Å². The quantitative estimate of drug-likeness (QED) is 0.468. The molecule has 0 aliphatic carbocycles. The van der Waals surface area contributed by atoms with E-state index in [1.54, 1.807) is 0 Å². The van der Waals surface area contributed by atoms with Gasteiger partial charge in [0.2, 0.25) is 11.3 Å². The third-order valence-electron chi connectivity index (χ3n) is 5.24. The lowest BCUT2D eigenvalue weighted by Gasteiger charge is -2.24. The van der Waals surface area contributed by atoms with E-state index >= 15 is 0 Å². The Hall–Kier alpha value is -3.60. The number of rotatable bonds is 8. The van der Waals surface area contributed by atoms with Crippen LogP contribution >= 0.6 is 0 Å². The molecule has 1 unspecified atom stereocenters. The summed E-state index contributed by atoms with van der Waals surface area (Å²) in [6, 6.07) is 1.75. The first-order chi connectivity index (χ1) is 15.6. The van der Waals surface area contributed by atoms with Crippen LogP contribution in [-0.2, 0) is 6.54 Å². The standard InChI is InChI=1S/C22H22F3N3O5/c1-10(2)17(9-29)28-8-14(22(31)32)19(30)13-4-11(21(33-3)27-20(13)28)7-26-18-15(24)5-12(23)6-16(18)25/h4-6,8,10,17,26,29H,7,9H2,1-3H3,(H,31,32). The van der Waals surface area contributed by atoms with Crippen molar-refractivity contribution < 1.29 is 32.9 Å². The molecule has 3 aromatic rings. The van der Waals surface area contributed by atoms with E-state index in [2.05, 4.69) is 10.3 Å². The summed E-state index contributed by atoms with van der Waals surface area (Å²) in [5.41, 5.74) is -1.65. The van der Waals surface area contributed by atoms with E-state index in [4.69, 9.17) is 4.74 Å². The molecule has 1 aromatic carbocycles. The van der Waals surface area contributed by atoms with Crippen LogP contribution in [0.25, 0.3) is 11.0 Å². The van der Waals surface area contributed by atoms with Gasteiger partial charge in [0.15, 0.2) is 11.6 Å². The van der Waals surface area contributed by atoms with Gasteiger partial charge in [-0.15, -0.1) is 0 Å². The van der Waals surface area contributed by atoms with Gasteiger partial charge in [-0.05, 0) is 12.0 Å². The van der Waals surface area contributed by atoms with Gasteiger partial charge in [0.05, 0.1) is 25.1 Å². The van der Waals surface area contributed by atoms with Crippen molar-refractivity contribution in [2.24, 2.45) is 5.92 Å². The molecule has 33 heavy (non-hydrogen) atoms. The van der Waals surface area contributed by atoms with Gasteiger partial charge in [-0.1, -0.05) is 13.8 Å². The summed E-state index contributed by atoms with van der Waals surface area (Å²) in [5, 5.41) is 21.8. The Kier molecular flexibility index (Phi) is 6.92. The van der Waals surface area contributed by atoms with Gasteiger partial charge in [-0.25, -0.2) is 18.0 Å². The first kappa shape index (κ1) is 24.1. The van der Waals surface area contributed by atoms with Crippen molar-refractivity contribution in [1.29, 1.82) is 0 Å². The Morgan fingerprint density at radius 1 is 1.21 bits per heavy atom. The van der Waals surface area contributed by atoms with Crippen LogP contribution in [0.3, 0.4) is 0 Å². The number of halogens is 3. The largest absolute Gasteiger partial charge is 0.481 e. The molecule has 3 N–H and O–H groups in total. The van der Waals surface area contributed by atoms with Crippen molar-refractivity contribution in [1.82, 2.24) is 9.55 Å². The van der Waals surface area contributed by atoms with Crippen LogP contribution < -0.4 is 15.5 Å². The van der Waals surface area contributed by atoms with E-state index in [0.29, 0.717) is 12.1 Å². The Balaban J connectivity index is 2.19. The van der Waals surface area contributed by atoms with E-state index in [-0.39, 0.29) is 41.5 Å². The number of aliphatic hydroxyl groups is 1. The zero-order valence-electron chi connectivity index (χ0n) is 18.0. The molecule has 0 spiro atoms. The maximum absolute atomic E-state index is 14.0. The molecular formula is C22H22F3N3O5. The molecule has 0 saturated carbocycles. The first-order valence-corrected chi connectivity index (χ1v) is 9.94. The van der Waals surface area contributed by atoms with Crippen LogP contribution in [0.15, 0.2) is 29.2 Å². The van der Waals surface area contributed by atoms with Gasteiger partial charge in [-0.2, -0.15) is 4.98 Å². The minimum absolute atomic E-state index is 0.00889. The Morgan fingerprint density at radius 2 is 1.85 bits per heavy atom. The summed E-state index contributed by atoms with van der Waals surface area (Å²) in [6.45, 7) is 3.01. The average molecular weight is 465 g/mol. The van der Waals surface area contributed by atoms with E-state index < -0.39 is 46.1 Å². The molecule has 0 amide bonds. The molecule has 3 rings (SSSR count). The number of hydrogen-bond donors (Lipinski definition) is 3. The number of carbonyl (C=O) groups is 1. The number of methoxy groups -OCH3 is 1. The maximum atomic E-state index is 14.0. The molecular weight excluding hydrogens is 443 g/mol. The second kappa shape index (κ2) is 9.49. The smallest absolute Gasteiger partial charge is 0.341 e. The number of ether oxygens (including phenoxy) is 1. The monoisotopic (exact) mass is 465 g/mol. The number of nitrogens with one attached hydrogen (secondary N) is 1. The van der Waals surface area contributed by atoms with Crippen LogP contribution in [0.5, 0.6) is 5.88 Å². The van der Waals surface area contributed by atoms with E-state index in [9.17, 15) is 33.0 Å². The highest BCUT2D eigenvalue weighted by molar-refractivity contribution is 5.92. The number of aromatic nitrogens is 2. The zero-order valence-corrected chi connectivity index (χ0v) is 18.0. The lowest BCUT2D eigenvalue weighted by Crippen LogP contribution is -2.26. The SMILES string of the molecule is COc1nc2c(cc1CNc1c(F)cc(F)cc1F)c(=O)c(C(=O)O)cn2C(CO)C(C)C. The lowest BCUT2D eigenvalue weighted by atomic mass is 10.0.